The van der Waals surface area contributed by atoms with Gasteiger partial charge in [-0.2, -0.15) is 0 Å². The monoisotopic (exact) mass is 417 g/mol. The molecule has 0 atom stereocenters. The van der Waals surface area contributed by atoms with E-state index in [2.05, 4.69) is 103 Å². The van der Waals surface area contributed by atoms with E-state index < -0.39 is 18.4 Å². The molecule has 0 spiro atoms. The van der Waals surface area contributed by atoms with Gasteiger partial charge in [0.05, 0.1) is 0 Å². The van der Waals surface area contributed by atoms with E-state index in [0.717, 1.165) is 0 Å². The first-order valence-electron chi connectivity index (χ1n) is 8.62. The van der Waals surface area contributed by atoms with E-state index in [-0.39, 0.29) is 0 Å². The average molecular weight is 416 g/mol. The predicted molar refractivity (Wildman–Crippen MR) is 106 cm³/mol. The van der Waals surface area contributed by atoms with Crippen LogP contribution in [0, 0.1) is 6.42 Å². The van der Waals surface area contributed by atoms with E-state index in [9.17, 15) is 0 Å². The van der Waals surface area contributed by atoms with E-state index in [1.54, 1.807) is 14.3 Å². The fraction of sp³-hybridized carbons (Fsp3) is 0.0870. The molecule has 24 heavy (non-hydrogen) atoms. The Hall–Kier alpha value is -1.80. The van der Waals surface area contributed by atoms with Gasteiger partial charge in [0.1, 0.15) is 0 Å². The Morgan fingerprint density at radius 1 is 0.542 bits per heavy atom. The molecule has 0 fully saturated rings. The Labute approximate surface area is 148 Å². The van der Waals surface area contributed by atoms with Crippen LogP contribution in [-0.4, -0.2) is 18.4 Å². The molecule has 3 aromatic carbocycles. The molecule has 0 heterocycles. The third-order valence-corrected chi connectivity index (χ3v) is 19.2. The van der Waals surface area contributed by atoms with Gasteiger partial charge in [0.15, 0.2) is 0 Å². The molecule has 0 nitrogen and oxygen atoms in total. The summed E-state index contributed by atoms with van der Waals surface area (Å²) in [6.07, 6.45) is 7.17. The van der Waals surface area contributed by atoms with Crippen LogP contribution >= 0.6 is 0 Å². The van der Waals surface area contributed by atoms with Gasteiger partial charge >= 0.3 is 149 Å². The van der Waals surface area contributed by atoms with Crippen LogP contribution in [0.3, 0.4) is 0 Å². The molecule has 0 saturated heterocycles. The van der Waals surface area contributed by atoms with Crippen LogP contribution in [0.5, 0.6) is 0 Å². The number of hydrogen-bond acceptors (Lipinski definition) is 0. The van der Waals surface area contributed by atoms with Gasteiger partial charge in [0, 0.05) is 0 Å². The normalized spacial score (nSPS) is 14.4. The Balaban J connectivity index is 2.07. The van der Waals surface area contributed by atoms with Crippen LogP contribution in [-0.2, 0) is 0 Å². The van der Waals surface area contributed by atoms with Gasteiger partial charge in [0.25, 0.3) is 0 Å². The van der Waals surface area contributed by atoms with Crippen molar-refractivity contribution >= 4 is 29.1 Å². The first kappa shape index (κ1) is 15.7. The van der Waals surface area contributed by atoms with E-state index in [1.807, 2.05) is 0 Å². The molecular weight excluding hydrogens is 395 g/mol. The van der Waals surface area contributed by atoms with E-state index in [1.165, 1.54) is 12.8 Å². The maximum absolute atomic E-state index is 3.16. The molecule has 1 aliphatic rings. The van der Waals surface area contributed by atoms with Gasteiger partial charge in [-0.1, -0.05) is 0 Å². The summed E-state index contributed by atoms with van der Waals surface area (Å²) in [4.78, 5) is 0. The summed E-state index contributed by atoms with van der Waals surface area (Å²) in [7, 11) is 0. The van der Waals surface area contributed by atoms with Crippen LogP contribution in [0.1, 0.15) is 12.8 Å². The Bertz CT molecular complexity index is 723. The molecule has 0 aromatic heterocycles. The van der Waals surface area contributed by atoms with Crippen LogP contribution < -0.4 is 10.7 Å². The molecule has 0 N–H and O–H groups in total. The summed E-state index contributed by atoms with van der Waals surface area (Å²) in [6.45, 7) is 0. The van der Waals surface area contributed by atoms with Crippen LogP contribution in [0.25, 0.3) is 0 Å². The van der Waals surface area contributed by atoms with E-state index in [0.29, 0.717) is 0 Å². The summed E-state index contributed by atoms with van der Waals surface area (Å²) in [5.41, 5.74) is 0. The number of benzene rings is 3. The van der Waals surface area contributed by atoms with Gasteiger partial charge in [-0.05, 0) is 0 Å². The molecule has 1 heteroatoms. The third kappa shape index (κ3) is 2.63. The average Bonchev–Trinajstić information content (AvgIpc) is 3.20. The zero-order chi connectivity index (χ0) is 16.2. The molecule has 1 radical (unpaired) electrons. The van der Waals surface area contributed by atoms with Crippen molar-refractivity contribution in [3.63, 3.8) is 0 Å². The minimum atomic E-state index is -3.16. The first-order valence-corrected chi connectivity index (χ1v) is 14.3. The molecule has 0 saturated carbocycles. The molecule has 3 aromatic rings. The van der Waals surface area contributed by atoms with Gasteiger partial charge in [-0.15, -0.1) is 0 Å². The Morgan fingerprint density at radius 2 is 0.958 bits per heavy atom. The Kier molecular flexibility index (Phi) is 4.57. The summed E-state index contributed by atoms with van der Waals surface area (Å²) in [5, 5.41) is 0. The van der Waals surface area contributed by atoms with Crippen molar-refractivity contribution in [1.29, 1.82) is 0 Å². The fourth-order valence-corrected chi connectivity index (χ4v) is 18.5. The molecule has 0 bridgehead atoms. The maximum atomic E-state index is 2.43. The summed E-state index contributed by atoms with van der Waals surface area (Å²) >= 11 is -3.16. The van der Waals surface area contributed by atoms with Gasteiger partial charge in [-0.3, -0.25) is 0 Å². The van der Waals surface area contributed by atoms with Gasteiger partial charge < -0.3 is 0 Å². The topological polar surface area (TPSA) is 0 Å². The van der Waals surface area contributed by atoms with Crippen LogP contribution in [0.4, 0.5) is 0 Å². The van der Waals surface area contributed by atoms with Crippen molar-refractivity contribution in [3.8, 4) is 0 Å². The number of hydrogen-bond donors (Lipinski definition) is 0. The van der Waals surface area contributed by atoms with E-state index in [4.69, 9.17) is 0 Å². The van der Waals surface area contributed by atoms with Crippen LogP contribution in [0.15, 0.2) is 101 Å². The van der Waals surface area contributed by atoms with Crippen molar-refractivity contribution in [2.75, 3.05) is 0 Å². The molecule has 0 amide bonds. The quantitative estimate of drug-likeness (QED) is 0.571. The van der Waals surface area contributed by atoms with Crippen molar-refractivity contribution in [2.24, 2.45) is 0 Å². The summed E-state index contributed by atoms with van der Waals surface area (Å²) < 4.78 is 6.33. The summed E-state index contributed by atoms with van der Waals surface area (Å²) in [5.74, 6) is 0. The molecule has 0 unspecified atom stereocenters. The first-order chi connectivity index (χ1) is 11.9. The second-order valence-corrected chi connectivity index (χ2v) is 17.4. The second kappa shape index (κ2) is 6.98. The van der Waals surface area contributed by atoms with Crippen molar-refractivity contribution in [3.05, 3.63) is 107 Å². The molecule has 4 rings (SSSR count). The van der Waals surface area contributed by atoms with Crippen molar-refractivity contribution < 1.29 is 0 Å². The molecule has 0 aliphatic heterocycles. The number of rotatable bonds is 4. The van der Waals surface area contributed by atoms with Crippen molar-refractivity contribution in [1.82, 2.24) is 0 Å². The summed E-state index contributed by atoms with van der Waals surface area (Å²) in [6, 6.07) is 33.7. The standard InChI is InChI=1S/3C6H5.C5H6.Sn/c3*1-2-4-6-5-3-1;1-2-4-5-3-1;/h3*1-5H;1-2H,3,5H2;. The molecule has 1 aliphatic carbocycles. The Morgan fingerprint density at radius 3 is 1.29 bits per heavy atom. The minimum absolute atomic E-state index is 1.18. The van der Waals surface area contributed by atoms with Gasteiger partial charge in [-0.25, -0.2) is 0 Å². The zero-order valence-electron chi connectivity index (χ0n) is 13.7. The second-order valence-electron chi connectivity index (χ2n) is 6.31. The zero-order valence-corrected chi connectivity index (χ0v) is 16.6. The number of allylic oxidation sites excluding steroid dienone is 2. The fourth-order valence-electron chi connectivity index (χ4n) is 3.98. The molecular formula is C23H21Sn. The van der Waals surface area contributed by atoms with E-state index >= 15 is 0 Å². The van der Waals surface area contributed by atoms with Gasteiger partial charge in [0.2, 0.25) is 0 Å². The molecule has 117 valence electrons. The van der Waals surface area contributed by atoms with Crippen LogP contribution in [0.2, 0.25) is 0 Å². The predicted octanol–water partition coefficient (Wildman–Crippen LogP) is 3.62. The van der Waals surface area contributed by atoms with Crippen molar-refractivity contribution in [2.45, 2.75) is 12.8 Å². The SMILES string of the molecule is [CH]1C=[C]([Sn]([c]2ccccc2)([c]2ccccc2)[c]2ccccc2)CC1. The third-order valence-electron chi connectivity index (χ3n) is 5.00.